The number of hydrogen-bond acceptors (Lipinski definition) is 3. The summed E-state index contributed by atoms with van der Waals surface area (Å²) in [5.41, 5.74) is 2.32. The number of aryl methyl sites for hydroxylation is 3. The minimum atomic E-state index is 0.859. The van der Waals surface area contributed by atoms with Gasteiger partial charge in [0.25, 0.3) is 0 Å². The van der Waals surface area contributed by atoms with Crippen molar-refractivity contribution in [2.24, 2.45) is 10.9 Å². The normalized spacial score (nSPS) is 18.0. The third kappa shape index (κ3) is 6.03. The van der Waals surface area contributed by atoms with Crippen LogP contribution in [-0.4, -0.2) is 59.9 Å². The van der Waals surface area contributed by atoms with E-state index in [-0.39, 0.29) is 0 Å². The molecule has 0 spiro atoms. The summed E-state index contributed by atoms with van der Waals surface area (Å²) in [4.78, 5) is 7.02. The Morgan fingerprint density at radius 3 is 2.60 bits per heavy atom. The number of aromatic nitrogens is 2. The number of rotatable bonds is 10. The second kappa shape index (κ2) is 8.70. The average Bonchev–Trinajstić information content (AvgIpc) is 3.48. The van der Waals surface area contributed by atoms with Gasteiger partial charge in [0, 0.05) is 51.5 Å². The summed E-state index contributed by atoms with van der Waals surface area (Å²) in [7, 11) is 1.85. The Morgan fingerprint density at radius 1 is 1.24 bits per heavy atom. The van der Waals surface area contributed by atoms with Crippen LogP contribution in [0.25, 0.3) is 0 Å². The largest absolute Gasteiger partial charge is 0.356 e. The lowest BCUT2D eigenvalue weighted by Crippen LogP contribution is -2.42. The Labute approximate surface area is 152 Å². The van der Waals surface area contributed by atoms with Crippen LogP contribution < -0.4 is 10.6 Å². The molecule has 0 unspecified atom stereocenters. The molecule has 2 aliphatic carbocycles. The number of nitrogens with zero attached hydrogens (tertiary/aromatic N) is 4. The summed E-state index contributed by atoms with van der Waals surface area (Å²) in [5, 5.41) is 11.4. The summed E-state index contributed by atoms with van der Waals surface area (Å²) in [5.74, 6) is 1.89. The molecule has 2 fully saturated rings. The molecule has 6 nitrogen and oxygen atoms in total. The van der Waals surface area contributed by atoms with Crippen LogP contribution in [0.15, 0.2) is 11.1 Å². The molecule has 2 aliphatic rings. The molecule has 2 N–H and O–H groups in total. The molecule has 0 atom stereocenters. The predicted octanol–water partition coefficient (Wildman–Crippen LogP) is 1.93. The summed E-state index contributed by atoms with van der Waals surface area (Å²) < 4.78 is 2.08. The molecule has 140 valence electrons. The maximum absolute atomic E-state index is 4.50. The number of hydrogen-bond donors (Lipinski definition) is 2. The lowest BCUT2D eigenvalue weighted by molar-refractivity contribution is 0.256. The summed E-state index contributed by atoms with van der Waals surface area (Å²) in [6.45, 7) is 9.42. The molecule has 2 saturated carbocycles. The predicted molar refractivity (Wildman–Crippen MR) is 103 cm³/mol. The van der Waals surface area contributed by atoms with E-state index in [1.165, 1.54) is 37.9 Å². The zero-order chi connectivity index (χ0) is 17.6. The summed E-state index contributed by atoms with van der Waals surface area (Å²) in [6.07, 6.45) is 6.71. The van der Waals surface area contributed by atoms with Gasteiger partial charge in [-0.1, -0.05) is 0 Å². The standard InChI is InChI=1S/C19H34N6/c1-15-13-16(2)25(23-15)11-4-9-21-19(20-3)22-10-12-24(18-7-8-18)14-17-5-6-17/h13,17-18H,4-12,14H2,1-3H3,(H2,20,21,22). The Morgan fingerprint density at radius 2 is 2.00 bits per heavy atom. The number of nitrogens with one attached hydrogen (secondary N) is 2. The number of guanidine groups is 1. The summed E-state index contributed by atoms with van der Waals surface area (Å²) >= 11 is 0. The average molecular weight is 347 g/mol. The third-order valence-corrected chi connectivity index (χ3v) is 5.11. The third-order valence-electron chi connectivity index (χ3n) is 5.11. The van der Waals surface area contributed by atoms with Crippen LogP contribution in [0.1, 0.15) is 43.5 Å². The molecule has 0 radical (unpaired) electrons. The van der Waals surface area contributed by atoms with Crippen LogP contribution >= 0.6 is 0 Å². The molecule has 0 amide bonds. The van der Waals surface area contributed by atoms with E-state index in [1.807, 2.05) is 14.0 Å². The van der Waals surface area contributed by atoms with Crippen LogP contribution in [0.3, 0.4) is 0 Å². The monoisotopic (exact) mass is 346 g/mol. The molecule has 0 bridgehead atoms. The van der Waals surface area contributed by atoms with Crippen molar-refractivity contribution in [3.05, 3.63) is 17.5 Å². The van der Waals surface area contributed by atoms with Crippen molar-refractivity contribution in [3.8, 4) is 0 Å². The first-order valence-corrected chi connectivity index (χ1v) is 9.85. The van der Waals surface area contributed by atoms with Crippen molar-refractivity contribution in [1.29, 1.82) is 0 Å². The van der Waals surface area contributed by atoms with Gasteiger partial charge >= 0.3 is 0 Å². The Kier molecular flexibility index (Phi) is 6.34. The molecule has 6 heteroatoms. The van der Waals surface area contributed by atoms with Crippen LogP contribution in [0.4, 0.5) is 0 Å². The maximum Gasteiger partial charge on any atom is 0.191 e. The quantitative estimate of drug-likeness (QED) is 0.386. The highest BCUT2D eigenvalue weighted by atomic mass is 15.3. The fourth-order valence-electron chi connectivity index (χ4n) is 3.37. The van der Waals surface area contributed by atoms with E-state index in [2.05, 4.69) is 43.3 Å². The first kappa shape index (κ1) is 18.2. The van der Waals surface area contributed by atoms with Gasteiger partial charge in [0.05, 0.1) is 5.69 Å². The van der Waals surface area contributed by atoms with E-state index in [9.17, 15) is 0 Å². The van der Waals surface area contributed by atoms with Gasteiger partial charge in [-0.2, -0.15) is 5.10 Å². The topological polar surface area (TPSA) is 57.5 Å². The van der Waals surface area contributed by atoms with Crippen molar-refractivity contribution < 1.29 is 0 Å². The molecule has 1 aromatic heterocycles. The highest BCUT2D eigenvalue weighted by Gasteiger charge is 2.33. The van der Waals surface area contributed by atoms with Crippen molar-refractivity contribution in [3.63, 3.8) is 0 Å². The molecule has 0 aromatic carbocycles. The number of aliphatic imine (C=N–C) groups is 1. The van der Waals surface area contributed by atoms with Crippen molar-refractivity contribution >= 4 is 5.96 Å². The molecule has 1 aromatic rings. The van der Waals surface area contributed by atoms with Gasteiger partial charge in [0.2, 0.25) is 0 Å². The minimum absolute atomic E-state index is 0.859. The van der Waals surface area contributed by atoms with Crippen LogP contribution in [0.2, 0.25) is 0 Å². The smallest absolute Gasteiger partial charge is 0.191 e. The Bertz CT molecular complexity index is 570. The van der Waals surface area contributed by atoms with Crippen LogP contribution in [0, 0.1) is 19.8 Å². The fraction of sp³-hybridized carbons (Fsp3) is 0.789. The second-order valence-electron chi connectivity index (χ2n) is 7.60. The first-order valence-electron chi connectivity index (χ1n) is 9.85. The highest BCUT2D eigenvalue weighted by molar-refractivity contribution is 5.79. The lowest BCUT2D eigenvalue weighted by Gasteiger charge is -2.22. The van der Waals surface area contributed by atoms with Gasteiger partial charge in [-0.25, -0.2) is 0 Å². The van der Waals surface area contributed by atoms with Gasteiger partial charge in [0.1, 0.15) is 0 Å². The van der Waals surface area contributed by atoms with E-state index in [1.54, 1.807) is 0 Å². The van der Waals surface area contributed by atoms with E-state index in [0.717, 1.165) is 56.2 Å². The van der Waals surface area contributed by atoms with Crippen molar-refractivity contribution in [1.82, 2.24) is 25.3 Å². The van der Waals surface area contributed by atoms with Gasteiger partial charge < -0.3 is 10.6 Å². The highest BCUT2D eigenvalue weighted by Crippen LogP contribution is 2.34. The SMILES string of the molecule is CN=C(NCCCn1nc(C)cc1C)NCCN(CC1CC1)C1CC1. The molecule has 1 heterocycles. The zero-order valence-electron chi connectivity index (χ0n) is 16.1. The van der Waals surface area contributed by atoms with Gasteiger partial charge in [-0.3, -0.25) is 14.6 Å². The maximum atomic E-state index is 4.50. The minimum Gasteiger partial charge on any atom is -0.356 e. The summed E-state index contributed by atoms with van der Waals surface area (Å²) in [6, 6.07) is 2.99. The molecular weight excluding hydrogens is 312 g/mol. The van der Waals surface area contributed by atoms with Gasteiger partial charge in [0.15, 0.2) is 5.96 Å². The van der Waals surface area contributed by atoms with Crippen molar-refractivity contribution in [2.45, 2.75) is 58.5 Å². The van der Waals surface area contributed by atoms with Gasteiger partial charge in [-0.15, -0.1) is 0 Å². The lowest BCUT2D eigenvalue weighted by atomic mass is 10.3. The zero-order valence-corrected chi connectivity index (χ0v) is 16.1. The van der Waals surface area contributed by atoms with E-state index in [0.29, 0.717) is 0 Å². The Balaban J connectivity index is 1.30. The Hall–Kier alpha value is -1.56. The first-order chi connectivity index (χ1) is 12.2. The molecule has 25 heavy (non-hydrogen) atoms. The molecule has 0 aliphatic heterocycles. The van der Waals surface area contributed by atoms with Crippen LogP contribution in [0.5, 0.6) is 0 Å². The van der Waals surface area contributed by atoms with Crippen LogP contribution in [-0.2, 0) is 6.54 Å². The fourth-order valence-corrected chi connectivity index (χ4v) is 3.37. The second-order valence-corrected chi connectivity index (χ2v) is 7.60. The van der Waals surface area contributed by atoms with E-state index >= 15 is 0 Å². The molecular formula is C19H34N6. The van der Waals surface area contributed by atoms with Gasteiger partial charge in [-0.05, 0) is 57.9 Å². The van der Waals surface area contributed by atoms with Crippen molar-refractivity contribution in [2.75, 3.05) is 33.2 Å². The van der Waals surface area contributed by atoms with E-state index in [4.69, 9.17) is 0 Å². The molecule has 3 rings (SSSR count). The molecule has 0 saturated heterocycles. The van der Waals surface area contributed by atoms with E-state index < -0.39 is 0 Å².